The van der Waals surface area contributed by atoms with Crippen LogP contribution in [-0.2, 0) is 9.59 Å². The summed E-state index contributed by atoms with van der Waals surface area (Å²) in [5, 5.41) is 3.27. The Bertz CT molecular complexity index is 1580. The lowest BCUT2D eigenvalue weighted by Gasteiger charge is -2.45. The van der Waals surface area contributed by atoms with E-state index in [1.807, 2.05) is 24.3 Å². The van der Waals surface area contributed by atoms with Crippen molar-refractivity contribution >= 4 is 40.7 Å². The maximum absolute atomic E-state index is 14.0. The summed E-state index contributed by atoms with van der Waals surface area (Å²) in [4.78, 5) is 42.5. The van der Waals surface area contributed by atoms with E-state index < -0.39 is 17.7 Å². The second kappa shape index (κ2) is 8.82. The van der Waals surface area contributed by atoms with Gasteiger partial charge in [-0.05, 0) is 58.7 Å². The number of benzene rings is 4. The number of halogens is 1. The lowest BCUT2D eigenvalue weighted by Crippen LogP contribution is -2.41. The molecule has 2 bridgehead atoms. The van der Waals surface area contributed by atoms with Crippen molar-refractivity contribution in [2.75, 3.05) is 17.3 Å². The van der Waals surface area contributed by atoms with Gasteiger partial charge in [-0.25, -0.2) is 4.90 Å². The molecule has 0 saturated carbocycles. The number of carbonyl (C=O) groups is 3. The van der Waals surface area contributed by atoms with Crippen molar-refractivity contribution in [2.24, 2.45) is 11.8 Å². The van der Waals surface area contributed by atoms with Crippen LogP contribution in [0.3, 0.4) is 0 Å². The molecule has 6 nitrogen and oxygen atoms in total. The van der Waals surface area contributed by atoms with E-state index in [2.05, 4.69) is 29.6 Å². The van der Waals surface area contributed by atoms with Crippen LogP contribution in [0.5, 0.6) is 5.75 Å². The van der Waals surface area contributed by atoms with Gasteiger partial charge < -0.3 is 10.1 Å². The predicted octanol–water partition coefficient (Wildman–Crippen LogP) is 6.00. The fourth-order valence-corrected chi connectivity index (χ4v) is 6.86. The van der Waals surface area contributed by atoms with Gasteiger partial charge in [-0.15, -0.1) is 0 Å². The Labute approximate surface area is 230 Å². The third-order valence-corrected chi connectivity index (χ3v) is 8.46. The van der Waals surface area contributed by atoms with E-state index in [1.165, 1.54) is 12.0 Å². The number of ether oxygens (including phenoxy) is 1. The molecule has 2 atom stereocenters. The predicted molar refractivity (Wildman–Crippen MR) is 148 cm³/mol. The highest BCUT2D eigenvalue weighted by Gasteiger charge is 2.61. The van der Waals surface area contributed by atoms with E-state index in [0.717, 1.165) is 22.3 Å². The average molecular weight is 535 g/mol. The van der Waals surface area contributed by atoms with Crippen LogP contribution in [0.15, 0.2) is 91.0 Å². The van der Waals surface area contributed by atoms with Crippen LogP contribution in [-0.4, -0.2) is 24.8 Å². The first-order valence-corrected chi connectivity index (χ1v) is 13.2. The number of nitrogens with one attached hydrogen (secondary N) is 1. The van der Waals surface area contributed by atoms with Crippen molar-refractivity contribution in [3.63, 3.8) is 0 Å². The topological polar surface area (TPSA) is 75.7 Å². The molecular weight excluding hydrogens is 512 g/mol. The van der Waals surface area contributed by atoms with E-state index in [1.54, 1.807) is 42.5 Å². The van der Waals surface area contributed by atoms with Gasteiger partial charge in [0.1, 0.15) is 5.75 Å². The van der Waals surface area contributed by atoms with Crippen LogP contribution in [0.1, 0.15) is 44.4 Å². The van der Waals surface area contributed by atoms with Crippen molar-refractivity contribution in [3.05, 3.63) is 124 Å². The number of anilines is 2. The summed E-state index contributed by atoms with van der Waals surface area (Å²) >= 11 is 6.11. The summed E-state index contributed by atoms with van der Waals surface area (Å²) in [6.45, 7) is 0. The van der Waals surface area contributed by atoms with Gasteiger partial charge in [0.2, 0.25) is 11.8 Å². The molecule has 192 valence electrons. The second-order valence-corrected chi connectivity index (χ2v) is 10.6. The van der Waals surface area contributed by atoms with Crippen LogP contribution < -0.4 is 15.0 Å². The maximum Gasteiger partial charge on any atom is 0.255 e. The Hall–Kier alpha value is -4.42. The highest BCUT2D eigenvalue weighted by atomic mass is 35.5. The SMILES string of the molecule is COc1ccc(Cl)cc1NC(=O)c1cccc(N2C(=O)[C@@H]3C4c5ccccc5C(c5ccccc54)[C@H]3C2=O)c1. The van der Waals surface area contributed by atoms with Gasteiger partial charge in [0.15, 0.2) is 0 Å². The van der Waals surface area contributed by atoms with Gasteiger partial charge in [0.25, 0.3) is 5.91 Å². The Morgan fingerprint density at radius 1 is 0.769 bits per heavy atom. The molecule has 0 spiro atoms. The smallest absolute Gasteiger partial charge is 0.255 e. The summed E-state index contributed by atoms with van der Waals surface area (Å²) in [5.41, 5.74) is 5.59. The summed E-state index contributed by atoms with van der Waals surface area (Å²) in [6.07, 6.45) is 0. The van der Waals surface area contributed by atoms with E-state index in [9.17, 15) is 14.4 Å². The molecule has 3 aliphatic carbocycles. The minimum atomic E-state index is -0.486. The van der Waals surface area contributed by atoms with Gasteiger partial charge >= 0.3 is 0 Å². The highest BCUT2D eigenvalue weighted by Crippen LogP contribution is 2.61. The number of amides is 3. The molecule has 0 unspecified atom stereocenters. The molecule has 1 saturated heterocycles. The lowest BCUT2D eigenvalue weighted by molar-refractivity contribution is -0.122. The number of imide groups is 1. The normalized spacial score (nSPS) is 22.3. The van der Waals surface area contributed by atoms with E-state index in [0.29, 0.717) is 27.7 Å². The summed E-state index contributed by atoms with van der Waals surface area (Å²) in [7, 11) is 1.51. The van der Waals surface area contributed by atoms with Crippen molar-refractivity contribution in [3.8, 4) is 5.75 Å². The van der Waals surface area contributed by atoms with Gasteiger partial charge in [-0.3, -0.25) is 14.4 Å². The van der Waals surface area contributed by atoms with Crippen LogP contribution >= 0.6 is 11.6 Å². The highest BCUT2D eigenvalue weighted by molar-refractivity contribution is 6.31. The minimum Gasteiger partial charge on any atom is -0.495 e. The summed E-state index contributed by atoms with van der Waals surface area (Å²) in [5.74, 6) is -1.73. The molecule has 7 heteroatoms. The van der Waals surface area contributed by atoms with Gasteiger partial charge in [0.05, 0.1) is 30.3 Å². The van der Waals surface area contributed by atoms with Crippen molar-refractivity contribution in [1.29, 1.82) is 0 Å². The molecule has 1 N–H and O–H groups in total. The molecule has 0 radical (unpaired) electrons. The number of rotatable bonds is 4. The minimum absolute atomic E-state index is 0.185. The Morgan fingerprint density at radius 3 is 1.87 bits per heavy atom. The third-order valence-electron chi connectivity index (χ3n) is 8.22. The van der Waals surface area contributed by atoms with Crippen LogP contribution in [0.25, 0.3) is 0 Å². The number of methoxy groups -OCH3 is 1. The monoisotopic (exact) mass is 534 g/mol. The van der Waals surface area contributed by atoms with Gasteiger partial charge in [-0.2, -0.15) is 0 Å². The van der Waals surface area contributed by atoms with Gasteiger partial charge in [-0.1, -0.05) is 66.2 Å². The standard InChI is InChI=1S/C32H23ClN2O4/c1-39-25-14-13-18(33)16-24(25)34-30(36)17-7-6-8-19(15-17)35-31(37)28-26-20-9-2-3-10-21(20)27(29(28)32(35)38)23-12-5-4-11-22(23)26/h2-16,26-29H,1H3,(H,34,36)/t26?,27?,28-,29-/m1/s1. The average Bonchev–Trinajstić information content (AvgIpc) is 3.23. The fourth-order valence-electron chi connectivity index (χ4n) is 6.69. The van der Waals surface area contributed by atoms with Crippen molar-refractivity contribution < 1.29 is 19.1 Å². The second-order valence-electron chi connectivity index (χ2n) is 10.1. The largest absolute Gasteiger partial charge is 0.495 e. The molecule has 0 aromatic heterocycles. The molecule has 8 rings (SSSR count). The van der Waals surface area contributed by atoms with E-state index in [-0.39, 0.29) is 23.7 Å². The quantitative estimate of drug-likeness (QED) is 0.326. The number of nitrogens with zero attached hydrogens (tertiary/aromatic N) is 1. The van der Waals surface area contributed by atoms with Crippen LogP contribution in [0, 0.1) is 11.8 Å². The van der Waals surface area contributed by atoms with Crippen LogP contribution in [0.4, 0.5) is 11.4 Å². The Balaban J connectivity index is 1.25. The van der Waals surface area contributed by atoms with E-state index in [4.69, 9.17) is 16.3 Å². The van der Waals surface area contributed by atoms with Gasteiger partial charge in [0, 0.05) is 22.4 Å². The first-order chi connectivity index (χ1) is 19.0. The third kappa shape index (κ3) is 3.45. The number of carbonyl (C=O) groups excluding carboxylic acids is 3. The first kappa shape index (κ1) is 23.7. The molecule has 1 aliphatic heterocycles. The molecule has 4 aliphatic rings. The molecule has 4 aromatic carbocycles. The zero-order chi connectivity index (χ0) is 26.8. The zero-order valence-corrected chi connectivity index (χ0v) is 21.7. The Morgan fingerprint density at radius 2 is 1.33 bits per heavy atom. The summed E-state index contributed by atoms with van der Waals surface area (Å²) < 4.78 is 5.33. The lowest BCUT2D eigenvalue weighted by atomic mass is 9.55. The molecule has 39 heavy (non-hydrogen) atoms. The molecule has 1 fully saturated rings. The zero-order valence-electron chi connectivity index (χ0n) is 20.9. The summed E-state index contributed by atoms with van der Waals surface area (Å²) in [6, 6.07) is 27.8. The molecule has 3 amide bonds. The van der Waals surface area contributed by atoms with E-state index >= 15 is 0 Å². The Kier molecular flexibility index (Phi) is 5.35. The molecular formula is C32H23ClN2O4. The van der Waals surface area contributed by atoms with Crippen LogP contribution in [0.2, 0.25) is 5.02 Å². The van der Waals surface area contributed by atoms with Crippen molar-refractivity contribution in [2.45, 2.75) is 11.8 Å². The number of hydrogen-bond acceptors (Lipinski definition) is 4. The molecule has 1 heterocycles. The maximum atomic E-state index is 14.0. The molecule has 4 aromatic rings. The fraction of sp³-hybridized carbons (Fsp3) is 0.156. The van der Waals surface area contributed by atoms with Crippen molar-refractivity contribution in [1.82, 2.24) is 0 Å². The number of hydrogen-bond donors (Lipinski definition) is 1. The first-order valence-electron chi connectivity index (χ1n) is 12.8.